The van der Waals surface area contributed by atoms with Crippen molar-refractivity contribution in [1.29, 1.82) is 0 Å². The van der Waals surface area contributed by atoms with Gasteiger partial charge in [0.2, 0.25) is 11.4 Å². The zero-order chi connectivity index (χ0) is 22.7. The molecule has 0 spiro atoms. The van der Waals surface area contributed by atoms with Crippen molar-refractivity contribution >= 4 is 29.4 Å². The smallest absolute Gasteiger partial charge is 0.213 e. The van der Waals surface area contributed by atoms with E-state index in [-0.39, 0.29) is 29.8 Å². The van der Waals surface area contributed by atoms with E-state index in [2.05, 4.69) is 58.0 Å². The third-order valence-corrected chi connectivity index (χ3v) is 5.77. The average Bonchev–Trinajstić information content (AvgIpc) is 2.80. The van der Waals surface area contributed by atoms with Crippen LogP contribution in [0.3, 0.4) is 0 Å². The van der Waals surface area contributed by atoms with Gasteiger partial charge in [0.05, 0.1) is 0 Å². The number of rotatable bonds is 5. The van der Waals surface area contributed by atoms with Crippen molar-refractivity contribution in [3.63, 3.8) is 0 Å². The van der Waals surface area contributed by atoms with Gasteiger partial charge in [0.1, 0.15) is 12.9 Å². The molecule has 5 heteroatoms. The summed E-state index contributed by atoms with van der Waals surface area (Å²) in [6.07, 6.45) is 4.21. The maximum Gasteiger partial charge on any atom is 0.213 e. The zero-order valence-corrected chi connectivity index (χ0v) is 21.7. The van der Waals surface area contributed by atoms with Crippen LogP contribution in [0.15, 0.2) is 84.9 Å². The number of halogens is 3. The molecule has 4 aromatic rings. The second-order valence-electron chi connectivity index (χ2n) is 7.95. The molecule has 0 aliphatic rings. The van der Waals surface area contributed by atoms with E-state index in [4.69, 9.17) is 11.6 Å². The third-order valence-electron chi connectivity index (χ3n) is 5.52. The first-order chi connectivity index (χ1) is 15.4. The molecule has 0 aliphatic heterocycles. The summed E-state index contributed by atoms with van der Waals surface area (Å²) in [7, 11) is 6.09. The Balaban J connectivity index is 0.00000306. The molecular formula is C28H25ClFIN2. The van der Waals surface area contributed by atoms with E-state index < -0.39 is 0 Å². The molecule has 1 aromatic heterocycles. The number of nitrogens with zero attached hydrogens (tertiary/aromatic N) is 2. The Bertz CT molecular complexity index is 1250. The normalized spacial score (nSPS) is 10.8. The summed E-state index contributed by atoms with van der Waals surface area (Å²) in [6, 6.07) is 27.1. The van der Waals surface area contributed by atoms with Crippen LogP contribution in [0, 0.1) is 5.82 Å². The van der Waals surface area contributed by atoms with E-state index in [1.165, 1.54) is 12.1 Å². The van der Waals surface area contributed by atoms with Crippen molar-refractivity contribution in [1.82, 2.24) is 0 Å². The molecule has 0 bridgehead atoms. The molecule has 0 N–H and O–H groups in total. The summed E-state index contributed by atoms with van der Waals surface area (Å²) in [6.45, 7) is 0. The fourth-order valence-electron chi connectivity index (χ4n) is 3.61. The van der Waals surface area contributed by atoms with Gasteiger partial charge in [-0.05, 0) is 71.3 Å². The average molecular weight is 571 g/mol. The fraction of sp³-hybridized carbons (Fsp3) is 0.107. The van der Waals surface area contributed by atoms with Crippen molar-refractivity contribution < 1.29 is 32.9 Å². The SMILES string of the molecule is CN(C)c1ccc(/C=C/c2cc(-c3ccc(Cl)cc3)cc(-c3ccc(F)cc3)[n+]2C)cc1.[I-]. The maximum absolute atomic E-state index is 13.5. The Morgan fingerprint density at radius 1 is 0.758 bits per heavy atom. The monoisotopic (exact) mass is 570 g/mol. The van der Waals surface area contributed by atoms with Crippen molar-refractivity contribution in [2.45, 2.75) is 0 Å². The van der Waals surface area contributed by atoms with Gasteiger partial charge in [0, 0.05) is 48.6 Å². The molecule has 0 atom stereocenters. The first kappa shape index (κ1) is 24.9. The van der Waals surface area contributed by atoms with Gasteiger partial charge >= 0.3 is 0 Å². The quantitative estimate of drug-likeness (QED) is 0.261. The molecule has 0 saturated carbocycles. The van der Waals surface area contributed by atoms with Gasteiger partial charge in [-0.25, -0.2) is 4.39 Å². The van der Waals surface area contributed by atoms with E-state index >= 15 is 0 Å². The van der Waals surface area contributed by atoms with Crippen molar-refractivity contribution in [3.05, 3.63) is 107 Å². The lowest BCUT2D eigenvalue weighted by atomic mass is 10.0. The van der Waals surface area contributed by atoms with Crippen molar-refractivity contribution in [3.8, 4) is 22.4 Å². The Hall–Kier alpha value is -2.70. The highest BCUT2D eigenvalue weighted by Gasteiger charge is 2.17. The molecule has 0 unspecified atom stereocenters. The largest absolute Gasteiger partial charge is 1.00 e. The van der Waals surface area contributed by atoms with Gasteiger partial charge in [0.25, 0.3) is 0 Å². The Morgan fingerprint density at radius 3 is 1.97 bits per heavy atom. The Labute approximate surface area is 217 Å². The minimum atomic E-state index is -0.244. The Kier molecular flexibility index (Phi) is 8.27. The maximum atomic E-state index is 13.5. The molecule has 168 valence electrons. The zero-order valence-electron chi connectivity index (χ0n) is 18.8. The van der Waals surface area contributed by atoms with Gasteiger partial charge in [-0.1, -0.05) is 35.9 Å². The van der Waals surface area contributed by atoms with Gasteiger partial charge in [0.15, 0.2) is 0 Å². The molecule has 33 heavy (non-hydrogen) atoms. The third kappa shape index (κ3) is 6.01. The Morgan fingerprint density at radius 2 is 1.36 bits per heavy atom. The van der Waals surface area contributed by atoms with E-state index in [0.717, 1.165) is 39.3 Å². The van der Waals surface area contributed by atoms with Crippen molar-refractivity contribution in [2.75, 3.05) is 19.0 Å². The molecule has 0 radical (unpaired) electrons. The highest BCUT2D eigenvalue weighted by Crippen LogP contribution is 2.27. The van der Waals surface area contributed by atoms with E-state index in [1.54, 1.807) is 0 Å². The summed E-state index contributed by atoms with van der Waals surface area (Å²) in [5.41, 5.74) is 7.42. The molecular weight excluding hydrogens is 546 g/mol. The van der Waals surface area contributed by atoms with Crippen LogP contribution in [0.2, 0.25) is 5.02 Å². The van der Waals surface area contributed by atoms with Gasteiger partial charge in [-0.2, -0.15) is 4.57 Å². The molecule has 1 heterocycles. The number of hydrogen-bond donors (Lipinski definition) is 0. The van der Waals surface area contributed by atoms with Gasteiger partial charge < -0.3 is 28.9 Å². The summed E-state index contributed by atoms with van der Waals surface area (Å²) < 4.78 is 15.6. The van der Waals surface area contributed by atoms with Crippen LogP contribution in [0.5, 0.6) is 0 Å². The fourth-order valence-corrected chi connectivity index (χ4v) is 3.74. The number of aromatic nitrogens is 1. The molecule has 2 nitrogen and oxygen atoms in total. The van der Waals surface area contributed by atoms with Crippen molar-refractivity contribution in [2.24, 2.45) is 7.05 Å². The lowest BCUT2D eigenvalue weighted by molar-refractivity contribution is -0.662. The molecule has 0 fully saturated rings. The summed E-state index contributed by atoms with van der Waals surface area (Å²) in [5.74, 6) is -0.244. The van der Waals surface area contributed by atoms with Crippen LogP contribution in [0.25, 0.3) is 34.5 Å². The minimum Gasteiger partial charge on any atom is -1.00 e. The van der Waals surface area contributed by atoms with Crippen LogP contribution in [-0.4, -0.2) is 14.1 Å². The summed E-state index contributed by atoms with van der Waals surface area (Å²) >= 11 is 6.09. The van der Waals surface area contributed by atoms with Crippen LogP contribution in [-0.2, 0) is 7.05 Å². The first-order valence-corrected chi connectivity index (χ1v) is 10.8. The van der Waals surface area contributed by atoms with Gasteiger partial charge in [-0.15, -0.1) is 0 Å². The highest BCUT2D eigenvalue weighted by molar-refractivity contribution is 6.30. The van der Waals surface area contributed by atoms with E-state index in [1.807, 2.05) is 57.5 Å². The molecule has 3 aromatic carbocycles. The molecule has 0 amide bonds. The number of anilines is 1. The minimum absolute atomic E-state index is 0. The second-order valence-corrected chi connectivity index (χ2v) is 8.38. The molecule has 0 aliphatic carbocycles. The predicted molar refractivity (Wildman–Crippen MR) is 133 cm³/mol. The van der Waals surface area contributed by atoms with E-state index in [0.29, 0.717) is 5.02 Å². The van der Waals surface area contributed by atoms with Crippen LogP contribution < -0.4 is 33.4 Å². The second kappa shape index (κ2) is 10.9. The molecule has 4 rings (SSSR count). The predicted octanol–water partition coefficient (Wildman–Crippen LogP) is 3.88. The topological polar surface area (TPSA) is 7.12 Å². The van der Waals surface area contributed by atoms with Gasteiger partial charge in [-0.3, -0.25) is 0 Å². The van der Waals surface area contributed by atoms with Crippen LogP contribution in [0.1, 0.15) is 11.3 Å². The van der Waals surface area contributed by atoms with Crippen LogP contribution >= 0.6 is 11.6 Å². The molecule has 0 saturated heterocycles. The standard InChI is InChI=1S/C28H25ClFN2.HI/c1-31(2)26-15-4-20(5-16-26)6-17-27-18-23(21-7-11-24(29)12-8-21)19-28(32(27)3)22-9-13-25(30)14-10-22;/h4-19H,1-3H3;1H/q+1;/p-1. The number of hydrogen-bond acceptors (Lipinski definition) is 1. The highest BCUT2D eigenvalue weighted by atomic mass is 127. The van der Waals surface area contributed by atoms with Crippen LogP contribution in [0.4, 0.5) is 10.1 Å². The van der Waals surface area contributed by atoms with E-state index in [9.17, 15) is 4.39 Å². The number of pyridine rings is 1. The first-order valence-electron chi connectivity index (χ1n) is 10.4. The summed E-state index contributed by atoms with van der Waals surface area (Å²) in [4.78, 5) is 2.08. The summed E-state index contributed by atoms with van der Waals surface area (Å²) in [5, 5.41) is 0.704. The lowest BCUT2D eigenvalue weighted by Crippen LogP contribution is -3.00. The number of benzene rings is 3. The lowest BCUT2D eigenvalue weighted by Gasteiger charge is -2.11.